The van der Waals surface area contributed by atoms with E-state index in [-0.39, 0.29) is 47.2 Å². The minimum absolute atomic E-state index is 0.0311. The summed E-state index contributed by atoms with van der Waals surface area (Å²) in [6, 6.07) is 17.0. The van der Waals surface area contributed by atoms with Crippen LogP contribution in [-0.4, -0.2) is 54.5 Å². The van der Waals surface area contributed by atoms with E-state index in [1.165, 1.54) is 12.1 Å². The highest BCUT2D eigenvalue weighted by molar-refractivity contribution is 5.74. The van der Waals surface area contributed by atoms with Gasteiger partial charge < -0.3 is 25.2 Å². The molecule has 1 heterocycles. The number of ether oxygens (including phenoxy) is 2. The monoisotopic (exact) mass is 530 g/mol. The van der Waals surface area contributed by atoms with Crippen LogP contribution < -0.4 is 15.4 Å². The minimum Gasteiger partial charge on any atom is -0.491 e. The van der Waals surface area contributed by atoms with Crippen molar-refractivity contribution in [2.24, 2.45) is 10.2 Å². The van der Waals surface area contributed by atoms with Crippen LogP contribution >= 0.6 is 0 Å². The Morgan fingerprint density at radius 1 is 1.03 bits per heavy atom. The Labute approximate surface area is 224 Å². The maximum absolute atomic E-state index is 11.0. The summed E-state index contributed by atoms with van der Waals surface area (Å²) >= 11 is 0. The third-order valence-corrected chi connectivity index (χ3v) is 5.28. The molecule has 0 atom stereocenters. The number of nitrogens with one attached hydrogen (secondary N) is 2. The van der Waals surface area contributed by atoms with Crippen LogP contribution in [0, 0.1) is 39.7 Å². The van der Waals surface area contributed by atoms with Crippen LogP contribution in [0.5, 0.6) is 5.75 Å². The summed E-state index contributed by atoms with van der Waals surface area (Å²) in [4.78, 5) is 14.9. The number of para-hydroxylation sites is 1. The average molecular weight is 531 g/mol. The Morgan fingerprint density at radius 2 is 1.79 bits per heavy atom. The third-order valence-electron chi connectivity index (χ3n) is 5.28. The van der Waals surface area contributed by atoms with E-state index in [0.717, 1.165) is 11.8 Å². The highest BCUT2D eigenvalue weighted by Gasteiger charge is 2.18. The molecule has 0 saturated carbocycles. The molecule has 0 aliphatic heterocycles. The number of aliphatic hydroxyl groups is 1. The number of non-ortho nitro benzene ring substituents is 1. The lowest BCUT2D eigenvalue weighted by Crippen LogP contribution is -2.16. The van der Waals surface area contributed by atoms with E-state index in [0.29, 0.717) is 37.7 Å². The molecule has 0 fully saturated rings. The van der Waals surface area contributed by atoms with E-state index in [1.807, 2.05) is 36.4 Å². The lowest BCUT2D eigenvalue weighted by atomic mass is 10.1. The fraction of sp³-hybridized carbons (Fsp3) is 0.269. The summed E-state index contributed by atoms with van der Waals surface area (Å²) in [6.45, 7) is 3.11. The Balaban J connectivity index is 1.73. The van der Waals surface area contributed by atoms with Gasteiger partial charge in [-0.2, -0.15) is 10.5 Å². The molecule has 0 bridgehead atoms. The molecule has 39 heavy (non-hydrogen) atoms. The first-order valence-corrected chi connectivity index (χ1v) is 11.9. The van der Waals surface area contributed by atoms with Gasteiger partial charge in [0.25, 0.3) is 5.69 Å². The van der Waals surface area contributed by atoms with Crippen molar-refractivity contribution in [3.63, 3.8) is 0 Å². The number of nitro groups is 1. The Bertz CT molecular complexity index is 1400. The maximum atomic E-state index is 11.0. The van der Waals surface area contributed by atoms with Crippen LogP contribution in [0.15, 0.2) is 58.8 Å². The van der Waals surface area contributed by atoms with Crippen molar-refractivity contribution >= 4 is 28.7 Å². The third kappa shape index (κ3) is 7.93. The van der Waals surface area contributed by atoms with E-state index < -0.39 is 4.92 Å². The number of aromatic nitrogens is 1. The van der Waals surface area contributed by atoms with Crippen molar-refractivity contribution in [3.05, 3.63) is 75.3 Å². The molecule has 0 aliphatic carbocycles. The number of nitro benzene ring substituents is 1. The number of nitriles is 2. The van der Waals surface area contributed by atoms with E-state index in [1.54, 1.807) is 6.92 Å². The van der Waals surface area contributed by atoms with Gasteiger partial charge in [0.05, 0.1) is 35.9 Å². The second kappa shape index (κ2) is 14.6. The topological polar surface area (TPSA) is 191 Å². The number of hydrogen-bond donors (Lipinski definition) is 3. The van der Waals surface area contributed by atoms with Crippen LogP contribution in [-0.2, 0) is 4.74 Å². The van der Waals surface area contributed by atoms with E-state index >= 15 is 0 Å². The molecule has 0 saturated heterocycles. The predicted molar refractivity (Wildman–Crippen MR) is 142 cm³/mol. The molecule has 0 unspecified atom stereocenters. The highest BCUT2D eigenvalue weighted by Crippen LogP contribution is 2.35. The number of azo groups is 1. The molecule has 3 aromatic rings. The molecular formula is C26H26N8O5. The molecule has 3 rings (SSSR count). The summed E-state index contributed by atoms with van der Waals surface area (Å²) in [5.74, 6) is 1.31. The smallest absolute Gasteiger partial charge is 0.270 e. The zero-order valence-electron chi connectivity index (χ0n) is 21.1. The van der Waals surface area contributed by atoms with Crippen molar-refractivity contribution in [1.29, 1.82) is 10.5 Å². The minimum atomic E-state index is -0.610. The summed E-state index contributed by atoms with van der Waals surface area (Å²) in [5, 5.41) is 53.8. The normalized spacial score (nSPS) is 10.6. The number of anilines is 2. The summed E-state index contributed by atoms with van der Waals surface area (Å²) in [7, 11) is 0. The molecule has 1 aromatic heterocycles. The molecule has 3 N–H and O–H groups in total. The Morgan fingerprint density at radius 3 is 2.49 bits per heavy atom. The fourth-order valence-electron chi connectivity index (χ4n) is 3.38. The first kappa shape index (κ1) is 28.5. The van der Waals surface area contributed by atoms with Crippen molar-refractivity contribution in [3.8, 4) is 17.9 Å². The molecule has 13 heteroatoms. The molecule has 0 radical (unpaired) electrons. The molecule has 200 valence electrons. The summed E-state index contributed by atoms with van der Waals surface area (Å²) in [6.07, 6.45) is 0. The molecule has 0 amide bonds. The molecule has 2 aromatic carbocycles. The molecule has 13 nitrogen and oxygen atoms in total. The Hall–Kier alpha value is -5.11. The number of rotatable bonds is 14. The highest BCUT2D eigenvalue weighted by atomic mass is 16.6. The van der Waals surface area contributed by atoms with Crippen LogP contribution in [0.25, 0.3) is 0 Å². The predicted octanol–water partition coefficient (Wildman–Crippen LogP) is 4.37. The number of nitrogens with zero attached hydrogens (tertiary/aromatic N) is 6. The standard InChI is InChI=1S/C26H26N8O5/c1-18-22(17-28)25(30-10-12-38-13-14-39-21-5-3-2-4-6-21)31-26(29-9-11-35)24(18)33-32-23-8-7-20(34(36)37)15-19(23)16-27/h2-8,15,35H,9-14H2,1H3,(H2,29,30,31). The van der Waals surface area contributed by atoms with Gasteiger partial charge in [-0.3, -0.25) is 10.1 Å². The lowest BCUT2D eigenvalue weighted by molar-refractivity contribution is -0.384. The average Bonchev–Trinajstić information content (AvgIpc) is 2.95. The van der Waals surface area contributed by atoms with Gasteiger partial charge in [0, 0.05) is 30.8 Å². The SMILES string of the molecule is Cc1c(C#N)c(NCCOCCOc2ccccc2)nc(NCCO)c1N=Nc1ccc([N+](=O)[O-])cc1C#N. The second-order valence-electron chi connectivity index (χ2n) is 7.89. The van der Waals surface area contributed by atoms with E-state index in [9.17, 15) is 25.7 Å². The van der Waals surface area contributed by atoms with Gasteiger partial charge in [-0.1, -0.05) is 18.2 Å². The second-order valence-corrected chi connectivity index (χ2v) is 7.89. The zero-order valence-corrected chi connectivity index (χ0v) is 21.1. The van der Waals surface area contributed by atoms with Crippen molar-refractivity contribution in [1.82, 2.24) is 4.98 Å². The summed E-state index contributed by atoms with van der Waals surface area (Å²) in [5.41, 5.74) is 0.749. The van der Waals surface area contributed by atoms with Crippen LogP contribution in [0.3, 0.4) is 0 Å². The first-order valence-electron chi connectivity index (χ1n) is 11.9. The number of pyridine rings is 1. The lowest BCUT2D eigenvalue weighted by Gasteiger charge is -2.15. The van der Waals surface area contributed by atoms with Gasteiger partial charge in [0.15, 0.2) is 5.82 Å². The van der Waals surface area contributed by atoms with E-state index in [2.05, 4.69) is 31.9 Å². The van der Waals surface area contributed by atoms with Gasteiger partial charge in [0.2, 0.25) is 0 Å². The quantitative estimate of drug-likeness (QED) is 0.117. The number of benzene rings is 2. The van der Waals surface area contributed by atoms with Crippen LogP contribution in [0.1, 0.15) is 16.7 Å². The van der Waals surface area contributed by atoms with Gasteiger partial charge in [0.1, 0.15) is 41.7 Å². The number of aliphatic hydroxyl groups excluding tert-OH is 1. The van der Waals surface area contributed by atoms with Crippen LogP contribution in [0.4, 0.5) is 28.7 Å². The van der Waals surface area contributed by atoms with Gasteiger partial charge >= 0.3 is 0 Å². The van der Waals surface area contributed by atoms with Gasteiger partial charge in [-0.15, -0.1) is 10.2 Å². The zero-order chi connectivity index (χ0) is 28.0. The Kier molecular flexibility index (Phi) is 10.6. The van der Waals surface area contributed by atoms with Crippen molar-refractivity contribution in [2.45, 2.75) is 6.92 Å². The molecular weight excluding hydrogens is 504 g/mol. The maximum Gasteiger partial charge on any atom is 0.270 e. The first-order chi connectivity index (χ1) is 19.0. The molecule has 0 aliphatic rings. The van der Waals surface area contributed by atoms with Crippen molar-refractivity contribution < 1.29 is 19.5 Å². The number of hydrogen-bond acceptors (Lipinski definition) is 12. The van der Waals surface area contributed by atoms with Crippen LogP contribution in [0.2, 0.25) is 0 Å². The largest absolute Gasteiger partial charge is 0.491 e. The molecule has 0 spiro atoms. The summed E-state index contributed by atoms with van der Waals surface area (Å²) < 4.78 is 11.2. The van der Waals surface area contributed by atoms with Crippen molar-refractivity contribution in [2.75, 3.05) is 50.2 Å². The van der Waals surface area contributed by atoms with E-state index in [4.69, 9.17) is 9.47 Å². The van der Waals surface area contributed by atoms with Gasteiger partial charge in [-0.25, -0.2) is 4.98 Å². The van der Waals surface area contributed by atoms with Gasteiger partial charge in [-0.05, 0) is 25.1 Å². The fourth-order valence-corrected chi connectivity index (χ4v) is 3.38.